The Bertz CT molecular complexity index is 351. The van der Waals surface area contributed by atoms with Crippen LogP contribution in [0.25, 0.3) is 0 Å². The number of para-hydroxylation sites is 1. The molecule has 0 saturated heterocycles. The van der Waals surface area contributed by atoms with Crippen molar-refractivity contribution in [2.45, 2.75) is 58.8 Å². The van der Waals surface area contributed by atoms with Gasteiger partial charge in [-0.2, -0.15) is 0 Å². The molecule has 2 heteroatoms. The maximum atomic E-state index is 5.93. The highest BCUT2D eigenvalue weighted by Gasteiger charge is 2.08. The predicted molar refractivity (Wildman–Crippen MR) is 87.7 cm³/mol. The molecule has 1 unspecified atom stereocenters. The highest BCUT2D eigenvalue weighted by Crippen LogP contribution is 2.28. The number of hydrogen-bond donors (Lipinski definition) is 1. The van der Waals surface area contributed by atoms with Gasteiger partial charge in [-0.3, -0.25) is 0 Å². The highest BCUT2D eigenvalue weighted by molar-refractivity contribution is 5.35. The van der Waals surface area contributed by atoms with Crippen LogP contribution >= 0.6 is 0 Å². The fourth-order valence-electron chi connectivity index (χ4n) is 2.27. The topological polar surface area (TPSA) is 21.3 Å². The molecule has 1 rings (SSSR count). The van der Waals surface area contributed by atoms with Crippen LogP contribution in [0.5, 0.6) is 5.75 Å². The monoisotopic (exact) mass is 277 g/mol. The lowest BCUT2D eigenvalue weighted by atomic mass is 9.98. The molecular formula is C18H31NO. The average molecular weight is 277 g/mol. The van der Waals surface area contributed by atoms with Crippen molar-refractivity contribution in [3.8, 4) is 5.75 Å². The van der Waals surface area contributed by atoms with Gasteiger partial charge in [0.2, 0.25) is 0 Å². The number of rotatable bonds is 11. The van der Waals surface area contributed by atoms with Crippen LogP contribution in [0.1, 0.15) is 64.4 Å². The van der Waals surface area contributed by atoms with E-state index in [4.69, 9.17) is 4.74 Å². The highest BCUT2D eigenvalue weighted by atomic mass is 16.5. The Kier molecular flexibility index (Phi) is 9.14. The molecule has 0 aliphatic heterocycles. The largest absolute Gasteiger partial charge is 0.492 e. The van der Waals surface area contributed by atoms with E-state index in [9.17, 15) is 0 Å². The van der Waals surface area contributed by atoms with Gasteiger partial charge in [-0.05, 0) is 36.9 Å². The van der Waals surface area contributed by atoms with E-state index in [1.54, 1.807) is 0 Å². The summed E-state index contributed by atoms with van der Waals surface area (Å²) < 4.78 is 5.93. The quantitative estimate of drug-likeness (QED) is 0.589. The van der Waals surface area contributed by atoms with Gasteiger partial charge in [0.1, 0.15) is 12.4 Å². The van der Waals surface area contributed by atoms with Gasteiger partial charge in [-0.25, -0.2) is 0 Å². The molecule has 1 aromatic carbocycles. The maximum absolute atomic E-state index is 5.93. The van der Waals surface area contributed by atoms with Crippen LogP contribution in [0, 0.1) is 0 Å². The van der Waals surface area contributed by atoms with Gasteiger partial charge in [-0.15, -0.1) is 0 Å². The van der Waals surface area contributed by atoms with Crippen molar-refractivity contribution in [2.75, 3.05) is 19.7 Å². The zero-order valence-electron chi connectivity index (χ0n) is 13.5. The standard InChI is InChI=1S/C18H31NO/c1-4-6-7-10-13-19-14-15-20-18-12-9-8-11-17(18)16(3)5-2/h8-9,11-12,16,19H,4-7,10,13-15H2,1-3H3. The van der Waals surface area contributed by atoms with Crippen LogP contribution in [0.4, 0.5) is 0 Å². The lowest BCUT2D eigenvalue weighted by Gasteiger charge is -2.15. The lowest BCUT2D eigenvalue weighted by Crippen LogP contribution is -2.22. The van der Waals surface area contributed by atoms with Crippen molar-refractivity contribution in [3.63, 3.8) is 0 Å². The number of unbranched alkanes of at least 4 members (excludes halogenated alkanes) is 3. The van der Waals surface area contributed by atoms with Gasteiger partial charge >= 0.3 is 0 Å². The van der Waals surface area contributed by atoms with E-state index in [-0.39, 0.29) is 0 Å². The Morgan fingerprint density at radius 1 is 1.05 bits per heavy atom. The number of nitrogens with one attached hydrogen (secondary N) is 1. The Hall–Kier alpha value is -1.02. The van der Waals surface area contributed by atoms with E-state index >= 15 is 0 Å². The molecule has 1 atom stereocenters. The van der Waals surface area contributed by atoms with Gasteiger partial charge in [0, 0.05) is 6.54 Å². The molecule has 0 aliphatic rings. The third-order valence-electron chi connectivity index (χ3n) is 3.81. The lowest BCUT2D eigenvalue weighted by molar-refractivity contribution is 0.308. The average Bonchev–Trinajstić information content (AvgIpc) is 2.49. The van der Waals surface area contributed by atoms with Gasteiger partial charge in [0.15, 0.2) is 0 Å². The molecule has 2 nitrogen and oxygen atoms in total. The molecule has 0 radical (unpaired) electrons. The van der Waals surface area contributed by atoms with Crippen LogP contribution in [-0.2, 0) is 0 Å². The summed E-state index contributed by atoms with van der Waals surface area (Å²) in [7, 11) is 0. The first-order chi connectivity index (χ1) is 9.79. The number of benzene rings is 1. The normalized spacial score (nSPS) is 12.3. The molecule has 0 fully saturated rings. The van der Waals surface area contributed by atoms with E-state index in [0.717, 1.165) is 31.9 Å². The van der Waals surface area contributed by atoms with Crippen molar-refractivity contribution in [2.24, 2.45) is 0 Å². The molecule has 1 aromatic rings. The number of ether oxygens (including phenoxy) is 1. The van der Waals surface area contributed by atoms with Crippen molar-refractivity contribution in [1.82, 2.24) is 5.32 Å². The molecule has 0 spiro atoms. The zero-order chi connectivity index (χ0) is 14.6. The molecule has 0 saturated carbocycles. The minimum atomic E-state index is 0.563. The SMILES string of the molecule is CCCCCCNCCOc1ccccc1C(C)CC. The minimum Gasteiger partial charge on any atom is -0.492 e. The third kappa shape index (κ3) is 6.42. The molecule has 0 heterocycles. The number of hydrogen-bond acceptors (Lipinski definition) is 2. The Labute approximate surface area is 124 Å². The van der Waals surface area contributed by atoms with Crippen LogP contribution in [-0.4, -0.2) is 19.7 Å². The van der Waals surface area contributed by atoms with Gasteiger partial charge in [-0.1, -0.05) is 58.2 Å². The Morgan fingerprint density at radius 2 is 1.85 bits per heavy atom. The van der Waals surface area contributed by atoms with E-state index in [1.807, 2.05) is 0 Å². The van der Waals surface area contributed by atoms with E-state index in [0.29, 0.717) is 5.92 Å². The molecule has 0 amide bonds. The summed E-state index contributed by atoms with van der Waals surface area (Å²) in [6, 6.07) is 8.42. The fourth-order valence-corrected chi connectivity index (χ4v) is 2.27. The van der Waals surface area contributed by atoms with Crippen LogP contribution in [0.15, 0.2) is 24.3 Å². The van der Waals surface area contributed by atoms with Crippen LogP contribution < -0.4 is 10.1 Å². The summed E-state index contributed by atoms with van der Waals surface area (Å²) in [5, 5.41) is 3.45. The molecule has 1 N–H and O–H groups in total. The molecule has 0 aliphatic carbocycles. The summed E-state index contributed by atoms with van der Waals surface area (Å²) >= 11 is 0. The zero-order valence-corrected chi connectivity index (χ0v) is 13.5. The first kappa shape index (κ1) is 17.0. The van der Waals surface area contributed by atoms with Gasteiger partial charge in [0.25, 0.3) is 0 Å². The second kappa shape index (κ2) is 10.7. The van der Waals surface area contributed by atoms with Gasteiger partial charge in [0.05, 0.1) is 0 Å². The summed E-state index contributed by atoms with van der Waals surface area (Å²) in [6.45, 7) is 9.52. The van der Waals surface area contributed by atoms with E-state index < -0.39 is 0 Å². The first-order valence-corrected chi connectivity index (χ1v) is 8.22. The Morgan fingerprint density at radius 3 is 2.60 bits per heavy atom. The summed E-state index contributed by atoms with van der Waals surface area (Å²) in [4.78, 5) is 0. The molecule has 0 aromatic heterocycles. The molecule has 114 valence electrons. The van der Waals surface area contributed by atoms with Crippen molar-refractivity contribution in [1.29, 1.82) is 0 Å². The van der Waals surface area contributed by atoms with Crippen LogP contribution in [0.3, 0.4) is 0 Å². The second-order valence-electron chi connectivity index (χ2n) is 5.51. The molecular weight excluding hydrogens is 246 g/mol. The molecule has 0 bridgehead atoms. The van der Waals surface area contributed by atoms with Gasteiger partial charge < -0.3 is 10.1 Å². The fraction of sp³-hybridized carbons (Fsp3) is 0.667. The Balaban J connectivity index is 2.22. The van der Waals surface area contributed by atoms with Crippen molar-refractivity contribution in [3.05, 3.63) is 29.8 Å². The predicted octanol–water partition coefficient (Wildman–Crippen LogP) is 4.75. The first-order valence-electron chi connectivity index (χ1n) is 8.22. The van der Waals surface area contributed by atoms with E-state index in [2.05, 4.69) is 50.4 Å². The van der Waals surface area contributed by atoms with Crippen molar-refractivity contribution >= 4 is 0 Å². The van der Waals surface area contributed by atoms with E-state index in [1.165, 1.54) is 31.2 Å². The van der Waals surface area contributed by atoms with Crippen LogP contribution in [0.2, 0.25) is 0 Å². The molecule has 20 heavy (non-hydrogen) atoms. The summed E-state index contributed by atoms with van der Waals surface area (Å²) in [6.07, 6.45) is 6.41. The minimum absolute atomic E-state index is 0.563. The third-order valence-corrected chi connectivity index (χ3v) is 3.81. The summed E-state index contributed by atoms with van der Waals surface area (Å²) in [5.41, 5.74) is 1.33. The van der Waals surface area contributed by atoms with Crippen molar-refractivity contribution < 1.29 is 4.74 Å². The summed E-state index contributed by atoms with van der Waals surface area (Å²) in [5.74, 6) is 1.61. The smallest absolute Gasteiger partial charge is 0.122 e. The second-order valence-corrected chi connectivity index (χ2v) is 5.51. The maximum Gasteiger partial charge on any atom is 0.122 e.